The average molecular weight is 362 g/mol. The number of amides is 2. The molecule has 0 aliphatic rings. The Kier molecular flexibility index (Phi) is 5.23. The van der Waals surface area contributed by atoms with Crippen molar-refractivity contribution >= 4 is 23.4 Å². The maximum Gasteiger partial charge on any atom is 0.319 e. The monoisotopic (exact) mass is 362 g/mol. The van der Waals surface area contributed by atoms with E-state index in [0.29, 0.717) is 29.1 Å². The fraction of sp³-hybridized carbons (Fsp3) is 0.105. The van der Waals surface area contributed by atoms with Crippen LogP contribution >= 0.6 is 0 Å². The lowest BCUT2D eigenvalue weighted by atomic mass is 10.2. The minimum atomic E-state index is -0.348. The van der Waals surface area contributed by atoms with Gasteiger partial charge in [-0.3, -0.25) is 0 Å². The van der Waals surface area contributed by atoms with Crippen molar-refractivity contribution in [3.8, 4) is 11.8 Å². The lowest BCUT2D eigenvalue weighted by Gasteiger charge is -2.06. The summed E-state index contributed by atoms with van der Waals surface area (Å²) in [5.74, 6) is 7.72. The summed E-state index contributed by atoms with van der Waals surface area (Å²) in [5, 5.41) is 5.47. The standard InChI is InChI=1S/C19H18N6O2/c1-12-5-7-15(27-12)10-22-19(26)25-14-4-2-3-13(9-14)6-8-16-17(20)23-11-24-18(16)21/h2-5,7,9,11H,10H2,1H3,(H2,22,25,26)(H4,20,21,23,24). The summed E-state index contributed by atoms with van der Waals surface area (Å²) in [6, 6.07) is 10.4. The van der Waals surface area contributed by atoms with Crippen LogP contribution in [0, 0.1) is 18.8 Å². The topological polar surface area (TPSA) is 132 Å². The van der Waals surface area contributed by atoms with E-state index in [1.807, 2.05) is 19.1 Å². The first-order valence-electron chi connectivity index (χ1n) is 8.09. The second-order valence-corrected chi connectivity index (χ2v) is 5.67. The molecule has 0 aliphatic carbocycles. The van der Waals surface area contributed by atoms with E-state index in [-0.39, 0.29) is 17.7 Å². The van der Waals surface area contributed by atoms with Gasteiger partial charge in [-0.05, 0) is 37.3 Å². The number of aryl methyl sites for hydroxylation is 1. The maximum absolute atomic E-state index is 12.0. The fourth-order valence-electron chi connectivity index (χ4n) is 2.27. The van der Waals surface area contributed by atoms with Crippen LogP contribution in [-0.4, -0.2) is 16.0 Å². The Balaban J connectivity index is 1.65. The van der Waals surface area contributed by atoms with Crippen molar-refractivity contribution in [2.75, 3.05) is 16.8 Å². The molecule has 8 nitrogen and oxygen atoms in total. The lowest BCUT2D eigenvalue weighted by molar-refractivity contribution is 0.250. The van der Waals surface area contributed by atoms with Crippen LogP contribution in [0.4, 0.5) is 22.1 Å². The predicted molar refractivity (Wildman–Crippen MR) is 103 cm³/mol. The van der Waals surface area contributed by atoms with Crippen LogP contribution in [0.15, 0.2) is 47.1 Å². The SMILES string of the molecule is Cc1ccc(CNC(=O)Nc2cccc(C#Cc3c(N)ncnc3N)c2)o1. The highest BCUT2D eigenvalue weighted by molar-refractivity contribution is 5.89. The molecule has 136 valence electrons. The third kappa shape index (κ3) is 4.76. The van der Waals surface area contributed by atoms with E-state index < -0.39 is 0 Å². The van der Waals surface area contributed by atoms with Crippen molar-refractivity contribution in [1.82, 2.24) is 15.3 Å². The van der Waals surface area contributed by atoms with Gasteiger partial charge < -0.3 is 26.5 Å². The van der Waals surface area contributed by atoms with Gasteiger partial charge in [-0.1, -0.05) is 17.9 Å². The van der Waals surface area contributed by atoms with Crippen LogP contribution in [0.3, 0.4) is 0 Å². The number of anilines is 3. The summed E-state index contributed by atoms with van der Waals surface area (Å²) in [6.45, 7) is 2.14. The number of carbonyl (C=O) groups is 1. The quantitative estimate of drug-likeness (QED) is 0.528. The Labute approximate surface area is 156 Å². The van der Waals surface area contributed by atoms with Crippen LogP contribution in [0.1, 0.15) is 22.6 Å². The summed E-state index contributed by atoms with van der Waals surface area (Å²) in [6.07, 6.45) is 1.28. The first-order chi connectivity index (χ1) is 13.0. The number of furan rings is 1. The van der Waals surface area contributed by atoms with E-state index in [1.165, 1.54) is 6.33 Å². The first-order valence-corrected chi connectivity index (χ1v) is 8.09. The molecule has 2 amide bonds. The largest absolute Gasteiger partial charge is 0.465 e. The molecule has 3 rings (SSSR count). The number of rotatable bonds is 3. The maximum atomic E-state index is 12.0. The third-order valence-electron chi connectivity index (χ3n) is 3.58. The second-order valence-electron chi connectivity index (χ2n) is 5.67. The first kappa shape index (κ1) is 17.8. The van der Waals surface area contributed by atoms with Crippen LogP contribution in [0.2, 0.25) is 0 Å². The van der Waals surface area contributed by atoms with E-state index in [9.17, 15) is 4.79 Å². The molecule has 0 spiro atoms. The highest BCUT2D eigenvalue weighted by Gasteiger charge is 2.05. The summed E-state index contributed by atoms with van der Waals surface area (Å²) < 4.78 is 5.41. The molecular formula is C19H18N6O2. The normalized spacial score (nSPS) is 9.96. The van der Waals surface area contributed by atoms with E-state index >= 15 is 0 Å². The molecule has 0 atom stereocenters. The van der Waals surface area contributed by atoms with Gasteiger partial charge in [-0.2, -0.15) is 0 Å². The van der Waals surface area contributed by atoms with E-state index in [2.05, 4.69) is 32.4 Å². The molecule has 1 aromatic carbocycles. The molecule has 0 saturated carbocycles. The van der Waals surface area contributed by atoms with E-state index in [1.54, 1.807) is 24.3 Å². The highest BCUT2D eigenvalue weighted by Crippen LogP contribution is 2.14. The van der Waals surface area contributed by atoms with Crippen molar-refractivity contribution in [3.05, 3.63) is 65.4 Å². The molecule has 2 heterocycles. The zero-order chi connectivity index (χ0) is 19.2. The molecule has 8 heteroatoms. The number of urea groups is 1. The van der Waals surface area contributed by atoms with Gasteiger partial charge in [-0.25, -0.2) is 14.8 Å². The molecule has 0 fully saturated rings. The third-order valence-corrected chi connectivity index (χ3v) is 3.58. The predicted octanol–water partition coefficient (Wildman–Crippen LogP) is 2.26. The van der Waals surface area contributed by atoms with Gasteiger partial charge >= 0.3 is 6.03 Å². The Hall–Kier alpha value is -3.99. The van der Waals surface area contributed by atoms with E-state index in [0.717, 1.165) is 5.76 Å². The number of benzene rings is 1. The van der Waals surface area contributed by atoms with Crippen molar-refractivity contribution in [2.24, 2.45) is 0 Å². The van der Waals surface area contributed by atoms with Gasteiger partial charge in [0.1, 0.15) is 35.0 Å². The second kappa shape index (κ2) is 7.93. The van der Waals surface area contributed by atoms with Gasteiger partial charge in [0.25, 0.3) is 0 Å². The van der Waals surface area contributed by atoms with Crippen molar-refractivity contribution < 1.29 is 9.21 Å². The molecule has 6 N–H and O–H groups in total. The van der Waals surface area contributed by atoms with Crippen LogP contribution in [0.5, 0.6) is 0 Å². The van der Waals surface area contributed by atoms with Crippen molar-refractivity contribution in [2.45, 2.75) is 13.5 Å². The summed E-state index contributed by atoms with van der Waals surface area (Å²) >= 11 is 0. The molecule has 0 radical (unpaired) electrons. The van der Waals surface area contributed by atoms with Crippen molar-refractivity contribution in [1.29, 1.82) is 0 Å². The minimum absolute atomic E-state index is 0.219. The molecule has 0 saturated heterocycles. The molecule has 0 unspecified atom stereocenters. The zero-order valence-corrected chi connectivity index (χ0v) is 14.6. The number of hydrogen-bond acceptors (Lipinski definition) is 6. The van der Waals surface area contributed by atoms with Gasteiger partial charge in [0.05, 0.1) is 6.54 Å². The van der Waals surface area contributed by atoms with Crippen LogP contribution < -0.4 is 22.1 Å². The van der Waals surface area contributed by atoms with Gasteiger partial charge in [-0.15, -0.1) is 0 Å². The number of nitrogens with zero attached hydrogens (tertiary/aromatic N) is 2. The molecule has 2 aromatic heterocycles. The van der Waals surface area contributed by atoms with Crippen LogP contribution in [0.25, 0.3) is 0 Å². The highest BCUT2D eigenvalue weighted by atomic mass is 16.3. The molecular weight excluding hydrogens is 344 g/mol. The molecule has 0 aliphatic heterocycles. The summed E-state index contributed by atoms with van der Waals surface area (Å²) in [4.78, 5) is 19.8. The van der Waals surface area contributed by atoms with Gasteiger partial charge in [0.2, 0.25) is 0 Å². The van der Waals surface area contributed by atoms with E-state index in [4.69, 9.17) is 15.9 Å². The lowest BCUT2D eigenvalue weighted by Crippen LogP contribution is -2.28. The Bertz CT molecular complexity index is 1010. The Morgan fingerprint density at radius 1 is 1.15 bits per heavy atom. The van der Waals surface area contributed by atoms with Gasteiger partial charge in [0.15, 0.2) is 0 Å². The average Bonchev–Trinajstić information content (AvgIpc) is 3.05. The van der Waals surface area contributed by atoms with Gasteiger partial charge in [0, 0.05) is 11.3 Å². The zero-order valence-electron chi connectivity index (χ0n) is 14.6. The Morgan fingerprint density at radius 3 is 2.63 bits per heavy atom. The molecule has 3 aromatic rings. The smallest absolute Gasteiger partial charge is 0.319 e. The fourth-order valence-corrected chi connectivity index (χ4v) is 2.27. The number of nitrogens with two attached hydrogens (primary N) is 2. The minimum Gasteiger partial charge on any atom is -0.465 e. The molecule has 27 heavy (non-hydrogen) atoms. The van der Waals surface area contributed by atoms with Crippen molar-refractivity contribution in [3.63, 3.8) is 0 Å². The summed E-state index contributed by atoms with van der Waals surface area (Å²) in [7, 11) is 0. The summed E-state index contributed by atoms with van der Waals surface area (Å²) in [5.41, 5.74) is 13.2. The Morgan fingerprint density at radius 2 is 1.93 bits per heavy atom. The molecule has 0 bridgehead atoms. The number of nitrogen functional groups attached to an aromatic ring is 2. The van der Waals surface area contributed by atoms with Crippen LogP contribution in [-0.2, 0) is 6.54 Å². The number of hydrogen-bond donors (Lipinski definition) is 4. The number of aromatic nitrogens is 2. The number of carbonyl (C=O) groups excluding carboxylic acids is 1. The number of nitrogens with one attached hydrogen (secondary N) is 2.